The van der Waals surface area contributed by atoms with E-state index in [1.165, 1.54) is 50.2 Å². The van der Waals surface area contributed by atoms with Gasteiger partial charge in [-0.15, -0.1) is 0 Å². The summed E-state index contributed by atoms with van der Waals surface area (Å²) in [6.45, 7) is 11.2. The van der Waals surface area contributed by atoms with Crippen molar-refractivity contribution in [2.45, 2.75) is 52.5 Å². The number of likely N-dealkylation sites (tertiary alicyclic amines) is 1. The van der Waals surface area contributed by atoms with Crippen LogP contribution in [0.25, 0.3) is 0 Å². The third-order valence-electron chi connectivity index (χ3n) is 4.36. The Hall–Kier alpha value is -1.09. The lowest BCUT2D eigenvalue weighted by atomic mass is 9.95. The van der Waals surface area contributed by atoms with Crippen LogP contribution in [0.1, 0.15) is 58.1 Å². The minimum Gasteiger partial charge on any atom is -0.357 e. The molecule has 3 nitrogen and oxygen atoms in total. The molecule has 0 saturated carbocycles. The molecule has 0 aliphatic carbocycles. The Labute approximate surface area is 124 Å². The quantitative estimate of drug-likeness (QED) is 0.786. The van der Waals surface area contributed by atoms with Gasteiger partial charge >= 0.3 is 0 Å². The highest BCUT2D eigenvalue weighted by molar-refractivity contribution is 5.48. The molecule has 2 rings (SSSR count). The van der Waals surface area contributed by atoms with Gasteiger partial charge in [0.15, 0.2) is 0 Å². The van der Waals surface area contributed by atoms with Crippen LogP contribution < -0.4 is 4.90 Å². The Kier molecular flexibility index (Phi) is 5.84. The summed E-state index contributed by atoms with van der Waals surface area (Å²) in [4.78, 5) is 9.73. The maximum Gasteiger partial charge on any atom is 0.133 e. The van der Waals surface area contributed by atoms with Gasteiger partial charge in [0, 0.05) is 30.9 Å². The van der Waals surface area contributed by atoms with E-state index in [-0.39, 0.29) is 0 Å². The number of aromatic nitrogens is 1. The molecule has 0 spiro atoms. The fraction of sp³-hybridized carbons (Fsp3) is 0.706. The summed E-state index contributed by atoms with van der Waals surface area (Å²) in [6, 6.07) is 4.95. The van der Waals surface area contributed by atoms with Gasteiger partial charge in [-0.1, -0.05) is 19.4 Å². The Morgan fingerprint density at radius 3 is 2.75 bits per heavy atom. The molecule has 3 heteroatoms. The molecule has 0 N–H and O–H groups in total. The normalized spacial score (nSPS) is 20.1. The van der Waals surface area contributed by atoms with Crippen molar-refractivity contribution < 1.29 is 0 Å². The van der Waals surface area contributed by atoms with Crippen molar-refractivity contribution in [1.29, 1.82) is 0 Å². The lowest BCUT2D eigenvalue weighted by molar-refractivity contribution is 0.149. The number of piperidine rings is 1. The molecule has 1 aliphatic heterocycles. The first-order valence-electron chi connectivity index (χ1n) is 8.25. The predicted molar refractivity (Wildman–Crippen MR) is 86.3 cm³/mol. The summed E-state index contributed by atoms with van der Waals surface area (Å²) in [7, 11) is 0. The molecule has 0 radical (unpaired) electrons. The van der Waals surface area contributed by atoms with Crippen LogP contribution in [0.2, 0.25) is 0 Å². The molecule has 20 heavy (non-hydrogen) atoms. The number of pyridine rings is 1. The maximum absolute atomic E-state index is 4.69. The van der Waals surface area contributed by atoms with Crippen molar-refractivity contribution in [2.24, 2.45) is 0 Å². The van der Waals surface area contributed by atoms with Crippen molar-refractivity contribution in [3.05, 3.63) is 23.9 Å². The Morgan fingerprint density at radius 2 is 2.05 bits per heavy atom. The van der Waals surface area contributed by atoms with Crippen molar-refractivity contribution in [3.8, 4) is 0 Å². The molecule has 0 aromatic carbocycles. The zero-order valence-corrected chi connectivity index (χ0v) is 13.3. The minimum atomic E-state index is 0.563. The maximum atomic E-state index is 4.69. The van der Waals surface area contributed by atoms with E-state index in [2.05, 4.69) is 47.7 Å². The highest BCUT2D eigenvalue weighted by atomic mass is 15.2. The molecule has 1 saturated heterocycles. The Bertz CT molecular complexity index is 399. The van der Waals surface area contributed by atoms with E-state index in [1.807, 2.05) is 6.20 Å². The van der Waals surface area contributed by atoms with Crippen molar-refractivity contribution in [2.75, 3.05) is 31.1 Å². The fourth-order valence-electron chi connectivity index (χ4n) is 3.35. The van der Waals surface area contributed by atoms with Crippen LogP contribution in [-0.2, 0) is 0 Å². The molecule has 112 valence electrons. The van der Waals surface area contributed by atoms with E-state index in [0.717, 1.165) is 13.1 Å². The molecule has 0 amide bonds. The van der Waals surface area contributed by atoms with Crippen LogP contribution in [0.3, 0.4) is 0 Å². The summed E-state index contributed by atoms with van der Waals surface area (Å²) < 4.78 is 0. The van der Waals surface area contributed by atoms with Gasteiger partial charge in [-0.05, 0) is 52.3 Å². The van der Waals surface area contributed by atoms with Gasteiger partial charge < -0.3 is 4.90 Å². The highest BCUT2D eigenvalue weighted by Gasteiger charge is 2.26. The van der Waals surface area contributed by atoms with Crippen molar-refractivity contribution >= 4 is 5.82 Å². The standard InChI is InChI=1S/C17H29N3/c1-4-13-20-14-8-7-11-16(20)15-10-9-12-18-17(15)19(5-2)6-3/h9-10,12,16H,4-8,11,13-14H2,1-3H3. The van der Waals surface area contributed by atoms with E-state index >= 15 is 0 Å². The lowest BCUT2D eigenvalue weighted by Crippen LogP contribution is -2.35. The third kappa shape index (κ3) is 3.32. The number of nitrogens with zero attached hydrogens (tertiary/aromatic N) is 3. The van der Waals surface area contributed by atoms with E-state index in [1.54, 1.807) is 0 Å². The summed E-state index contributed by atoms with van der Waals surface area (Å²) >= 11 is 0. The van der Waals surface area contributed by atoms with Gasteiger partial charge in [0.05, 0.1) is 0 Å². The number of hydrogen-bond donors (Lipinski definition) is 0. The molecule has 1 aromatic rings. The van der Waals surface area contributed by atoms with Gasteiger partial charge in [-0.25, -0.2) is 4.98 Å². The van der Waals surface area contributed by atoms with E-state index in [4.69, 9.17) is 0 Å². The largest absolute Gasteiger partial charge is 0.357 e. The topological polar surface area (TPSA) is 19.4 Å². The lowest BCUT2D eigenvalue weighted by Gasteiger charge is -2.37. The first-order valence-corrected chi connectivity index (χ1v) is 8.25. The van der Waals surface area contributed by atoms with Gasteiger partial charge in [0.1, 0.15) is 5.82 Å². The average molecular weight is 275 g/mol. The van der Waals surface area contributed by atoms with Crippen molar-refractivity contribution in [1.82, 2.24) is 9.88 Å². The molecule has 1 aliphatic rings. The first kappa shape index (κ1) is 15.3. The molecule has 1 unspecified atom stereocenters. The second-order valence-electron chi connectivity index (χ2n) is 5.64. The van der Waals surface area contributed by atoms with Crippen LogP contribution >= 0.6 is 0 Å². The second kappa shape index (κ2) is 7.63. The van der Waals surface area contributed by atoms with Crippen LogP contribution in [-0.4, -0.2) is 36.1 Å². The molecular weight excluding hydrogens is 246 g/mol. The molecule has 1 atom stereocenters. The summed E-state index contributed by atoms with van der Waals surface area (Å²) in [5.74, 6) is 1.20. The van der Waals surface area contributed by atoms with Gasteiger partial charge in [-0.3, -0.25) is 4.90 Å². The number of rotatable bonds is 6. The summed E-state index contributed by atoms with van der Waals surface area (Å²) in [6.07, 6.45) is 7.14. The molecule has 1 fully saturated rings. The summed E-state index contributed by atoms with van der Waals surface area (Å²) in [5, 5.41) is 0. The number of anilines is 1. The summed E-state index contributed by atoms with van der Waals surface area (Å²) in [5.41, 5.74) is 1.43. The Balaban J connectivity index is 2.29. The fourth-order valence-corrected chi connectivity index (χ4v) is 3.35. The second-order valence-corrected chi connectivity index (χ2v) is 5.64. The van der Waals surface area contributed by atoms with Gasteiger partial charge in [0.25, 0.3) is 0 Å². The SMILES string of the molecule is CCCN1CCCCC1c1cccnc1N(CC)CC. The van der Waals surface area contributed by atoms with Crippen LogP contribution in [0.15, 0.2) is 18.3 Å². The van der Waals surface area contributed by atoms with Crippen LogP contribution in [0.4, 0.5) is 5.82 Å². The first-order chi connectivity index (χ1) is 9.81. The monoisotopic (exact) mass is 275 g/mol. The van der Waals surface area contributed by atoms with E-state index < -0.39 is 0 Å². The van der Waals surface area contributed by atoms with Gasteiger partial charge in [-0.2, -0.15) is 0 Å². The van der Waals surface area contributed by atoms with Crippen LogP contribution in [0, 0.1) is 0 Å². The zero-order valence-electron chi connectivity index (χ0n) is 13.3. The van der Waals surface area contributed by atoms with E-state index in [0.29, 0.717) is 6.04 Å². The highest BCUT2D eigenvalue weighted by Crippen LogP contribution is 2.35. The van der Waals surface area contributed by atoms with Gasteiger partial charge in [0.2, 0.25) is 0 Å². The molecule has 2 heterocycles. The van der Waals surface area contributed by atoms with E-state index in [9.17, 15) is 0 Å². The zero-order chi connectivity index (χ0) is 14.4. The van der Waals surface area contributed by atoms with Crippen LogP contribution in [0.5, 0.6) is 0 Å². The average Bonchev–Trinajstić information content (AvgIpc) is 2.50. The number of hydrogen-bond acceptors (Lipinski definition) is 3. The minimum absolute atomic E-state index is 0.563. The molecule has 1 aromatic heterocycles. The smallest absolute Gasteiger partial charge is 0.133 e. The van der Waals surface area contributed by atoms with Crippen molar-refractivity contribution in [3.63, 3.8) is 0 Å². The Morgan fingerprint density at radius 1 is 1.25 bits per heavy atom. The third-order valence-corrected chi connectivity index (χ3v) is 4.36. The predicted octanol–water partition coefficient (Wildman–Crippen LogP) is 3.86. The molecule has 0 bridgehead atoms. The molecular formula is C17H29N3.